The summed E-state index contributed by atoms with van der Waals surface area (Å²) < 4.78 is 26.7. The Bertz CT molecular complexity index is 1020. The van der Waals surface area contributed by atoms with E-state index in [-0.39, 0.29) is 23.7 Å². The monoisotopic (exact) mass is 358 g/mol. The minimum absolute atomic E-state index is 0.0349. The van der Waals surface area contributed by atoms with Crippen molar-refractivity contribution in [3.63, 3.8) is 0 Å². The number of sulfonamides is 1. The Morgan fingerprint density at radius 2 is 2.08 bits per heavy atom. The Labute approximate surface area is 146 Å². The van der Waals surface area contributed by atoms with E-state index in [2.05, 4.69) is 22.1 Å². The van der Waals surface area contributed by atoms with E-state index in [4.69, 9.17) is 5.26 Å². The Kier molecular flexibility index (Phi) is 5.48. The van der Waals surface area contributed by atoms with Gasteiger partial charge in [-0.25, -0.2) is 8.42 Å². The molecule has 25 heavy (non-hydrogen) atoms. The topological polar surface area (TPSA) is 106 Å². The third-order valence-corrected chi connectivity index (χ3v) is 5.39. The molecule has 0 unspecified atom stereocenters. The second-order valence-corrected chi connectivity index (χ2v) is 7.50. The lowest BCUT2D eigenvalue weighted by molar-refractivity contribution is -0.120. The Balaban J connectivity index is 2.37. The zero-order valence-corrected chi connectivity index (χ0v) is 15.0. The van der Waals surface area contributed by atoms with Crippen LogP contribution in [0, 0.1) is 30.1 Å². The van der Waals surface area contributed by atoms with Gasteiger partial charge in [-0.3, -0.25) is 4.79 Å². The first kappa shape index (κ1) is 18.5. The SMILES string of the molecule is CC#CCNC(=O)CN(C)S(=O)(=O)c1cc(C)cc2cc(C#N)[nH]c12. The highest BCUT2D eigenvalue weighted by Crippen LogP contribution is 2.27. The van der Waals surface area contributed by atoms with Crippen LogP contribution in [0.5, 0.6) is 0 Å². The highest BCUT2D eigenvalue weighted by Gasteiger charge is 2.26. The second-order valence-electron chi connectivity index (χ2n) is 5.49. The molecule has 1 aromatic carbocycles. The maximum absolute atomic E-state index is 12.9. The number of nitriles is 1. The molecule has 0 saturated heterocycles. The van der Waals surface area contributed by atoms with Crippen molar-refractivity contribution in [2.45, 2.75) is 18.7 Å². The molecule has 7 nitrogen and oxygen atoms in total. The summed E-state index contributed by atoms with van der Waals surface area (Å²) in [6, 6.07) is 6.87. The fourth-order valence-corrected chi connectivity index (χ4v) is 3.74. The van der Waals surface area contributed by atoms with E-state index in [0.29, 0.717) is 10.9 Å². The Morgan fingerprint density at radius 3 is 2.72 bits per heavy atom. The first-order chi connectivity index (χ1) is 11.8. The van der Waals surface area contributed by atoms with Crippen molar-refractivity contribution >= 4 is 26.8 Å². The van der Waals surface area contributed by atoms with Crippen LogP contribution in [0.1, 0.15) is 18.2 Å². The van der Waals surface area contributed by atoms with Crippen LogP contribution in [0.2, 0.25) is 0 Å². The molecule has 0 aliphatic heterocycles. The van der Waals surface area contributed by atoms with Crippen molar-refractivity contribution in [2.24, 2.45) is 0 Å². The Hall–Kier alpha value is -2.81. The van der Waals surface area contributed by atoms with Gasteiger partial charge in [-0.05, 0) is 37.6 Å². The zero-order valence-electron chi connectivity index (χ0n) is 14.2. The molecular formula is C17H18N4O3S. The highest BCUT2D eigenvalue weighted by molar-refractivity contribution is 7.89. The van der Waals surface area contributed by atoms with Crippen molar-refractivity contribution in [1.82, 2.24) is 14.6 Å². The molecular weight excluding hydrogens is 340 g/mol. The van der Waals surface area contributed by atoms with E-state index in [1.807, 2.05) is 6.07 Å². The summed E-state index contributed by atoms with van der Waals surface area (Å²) in [5, 5.41) is 12.2. The summed E-state index contributed by atoms with van der Waals surface area (Å²) in [7, 11) is -2.58. The number of hydrogen-bond donors (Lipinski definition) is 2. The number of carbonyl (C=O) groups is 1. The van der Waals surface area contributed by atoms with E-state index in [1.54, 1.807) is 26.0 Å². The van der Waals surface area contributed by atoms with Crippen LogP contribution in [0.4, 0.5) is 0 Å². The van der Waals surface area contributed by atoms with Crippen LogP contribution in [-0.4, -0.2) is 43.8 Å². The van der Waals surface area contributed by atoms with Crippen LogP contribution in [-0.2, 0) is 14.8 Å². The van der Waals surface area contributed by atoms with Gasteiger partial charge < -0.3 is 10.3 Å². The number of amides is 1. The molecule has 2 aromatic rings. The first-order valence-corrected chi connectivity index (χ1v) is 8.89. The van der Waals surface area contributed by atoms with Gasteiger partial charge in [0.15, 0.2) is 0 Å². The number of H-pyrrole nitrogens is 1. The third-order valence-electron chi connectivity index (χ3n) is 3.56. The average Bonchev–Trinajstić information content (AvgIpc) is 2.96. The van der Waals surface area contributed by atoms with Crippen molar-refractivity contribution in [3.05, 3.63) is 29.5 Å². The molecule has 0 spiro atoms. The van der Waals surface area contributed by atoms with Crippen LogP contribution in [0.15, 0.2) is 23.1 Å². The average molecular weight is 358 g/mol. The molecule has 1 amide bonds. The second kappa shape index (κ2) is 7.39. The summed E-state index contributed by atoms with van der Waals surface area (Å²) in [4.78, 5) is 14.7. The van der Waals surface area contributed by atoms with E-state index < -0.39 is 15.9 Å². The molecule has 2 N–H and O–H groups in total. The lowest BCUT2D eigenvalue weighted by atomic mass is 10.2. The predicted molar refractivity (Wildman–Crippen MR) is 94.0 cm³/mol. The van der Waals surface area contributed by atoms with Gasteiger partial charge in [0.2, 0.25) is 15.9 Å². The van der Waals surface area contributed by atoms with Crippen LogP contribution < -0.4 is 5.32 Å². The lowest BCUT2D eigenvalue weighted by Gasteiger charge is -2.17. The summed E-state index contributed by atoms with van der Waals surface area (Å²) in [5.74, 6) is 4.88. The summed E-state index contributed by atoms with van der Waals surface area (Å²) in [5.41, 5.74) is 1.37. The minimum Gasteiger partial charge on any atom is -0.345 e. The predicted octanol–water partition coefficient (Wildman–Crippen LogP) is 1.11. The molecule has 2 rings (SSSR count). The number of nitrogens with one attached hydrogen (secondary N) is 2. The summed E-state index contributed by atoms with van der Waals surface area (Å²) >= 11 is 0. The number of aromatic amines is 1. The van der Waals surface area contributed by atoms with Gasteiger partial charge in [-0.1, -0.05) is 5.92 Å². The fraction of sp³-hybridized carbons (Fsp3) is 0.294. The van der Waals surface area contributed by atoms with E-state index in [9.17, 15) is 13.2 Å². The van der Waals surface area contributed by atoms with Gasteiger partial charge in [0, 0.05) is 12.4 Å². The van der Waals surface area contributed by atoms with Crippen molar-refractivity contribution in [3.8, 4) is 17.9 Å². The van der Waals surface area contributed by atoms with E-state index in [0.717, 1.165) is 9.87 Å². The smallest absolute Gasteiger partial charge is 0.245 e. The van der Waals surface area contributed by atoms with Crippen molar-refractivity contribution in [1.29, 1.82) is 5.26 Å². The minimum atomic E-state index is -3.91. The number of hydrogen-bond acceptors (Lipinski definition) is 4. The maximum Gasteiger partial charge on any atom is 0.245 e. The molecule has 0 aliphatic rings. The number of rotatable bonds is 5. The van der Waals surface area contributed by atoms with Gasteiger partial charge in [-0.2, -0.15) is 9.57 Å². The first-order valence-electron chi connectivity index (χ1n) is 7.45. The molecule has 1 heterocycles. The normalized spacial score (nSPS) is 11.0. The molecule has 0 aliphatic carbocycles. The lowest BCUT2D eigenvalue weighted by Crippen LogP contribution is -2.38. The number of aryl methyl sites for hydroxylation is 1. The molecule has 0 saturated carbocycles. The van der Waals surface area contributed by atoms with Gasteiger partial charge in [0.25, 0.3) is 0 Å². The third kappa shape index (κ3) is 4.00. The standard InChI is InChI=1S/C17H18N4O3S/c1-4-5-6-19-16(22)11-21(3)25(23,24)15-8-12(2)7-13-9-14(10-18)20-17(13)15/h7-9,20H,6,11H2,1-3H3,(H,19,22). The molecule has 0 bridgehead atoms. The van der Waals surface area contributed by atoms with Gasteiger partial charge in [0.1, 0.15) is 16.7 Å². The number of fused-ring (bicyclic) bond motifs is 1. The van der Waals surface area contributed by atoms with Crippen molar-refractivity contribution in [2.75, 3.05) is 20.1 Å². The number of aromatic nitrogens is 1. The number of carbonyl (C=O) groups excluding carboxylic acids is 1. The van der Waals surface area contributed by atoms with E-state index >= 15 is 0 Å². The fourth-order valence-electron chi connectivity index (χ4n) is 2.36. The highest BCUT2D eigenvalue weighted by atomic mass is 32.2. The number of likely N-dealkylation sites (N-methyl/N-ethyl adjacent to an activating group) is 1. The number of nitrogens with zero attached hydrogens (tertiary/aromatic N) is 2. The quantitative estimate of drug-likeness (QED) is 0.781. The van der Waals surface area contributed by atoms with Crippen LogP contribution >= 0.6 is 0 Å². The van der Waals surface area contributed by atoms with Gasteiger partial charge >= 0.3 is 0 Å². The van der Waals surface area contributed by atoms with Crippen molar-refractivity contribution < 1.29 is 13.2 Å². The largest absolute Gasteiger partial charge is 0.345 e. The molecule has 0 radical (unpaired) electrons. The van der Waals surface area contributed by atoms with Gasteiger partial charge in [0.05, 0.1) is 18.6 Å². The molecule has 0 atom stereocenters. The Morgan fingerprint density at radius 1 is 1.36 bits per heavy atom. The van der Waals surface area contributed by atoms with E-state index in [1.165, 1.54) is 13.1 Å². The van der Waals surface area contributed by atoms with Crippen LogP contribution in [0.3, 0.4) is 0 Å². The molecule has 0 fully saturated rings. The number of benzene rings is 1. The zero-order chi connectivity index (χ0) is 18.6. The summed E-state index contributed by atoms with van der Waals surface area (Å²) in [6.45, 7) is 3.26. The maximum atomic E-state index is 12.9. The molecule has 130 valence electrons. The molecule has 1 aromatic heterocycles. The molecule has 8 heteroatoms. The van der Waals surface area contributed by atoms with Gasteiger partial charge in [-0.15, -0.1) is 5.92 Å². The summed E-state index contributed by atoms with van der Waals surface area (Å²) in [6.07, 6.45) is 0. The van der Waals surface area contributed by atoms with Crippen LogP contribution in [0.25, 0.3) is 10.9 Å².